The van der Waals surface area contributed by atoms with Crippen molar-refractivity contribution in [2.75, 3.05) is 19.5 Å². The van der Waals surface area contributed by atoms with Crippen LogP contribution in [0.5, 0.6) is 11.5 Å². The smallest absolute Gasteiger partial charge is 0.195 e. The fraction of sp³-hybridized carbons (Fsp3) is 0.238. The second kappa shape index (κ2) is 10.3. The Morgan fingerprint density at radius 1 is 1.24 bits per heavy atom. The largest absolute Gasteiger partial charge is 0.493 e. The Bertz CT molecular complexity index is 977. The van der Waals surface area contributed by atoms with Gasteiger partial charge >= 0.3 is 0 Å². The van der Waals surface area contributed by atoms with Gasteiger partial charge in [0.25, 0.3) is 0 Å². The number of aliphatic hydroxyl groups excluding tert-OH is 1. The minimum atomic E-state index is -0.690. The second-order valence-corrected chi connectivity index (χ2v) is 7.57. The lowest BCUT2D eigenvalue weighted by atomic mass is 10.2. The Labute approximate surface area is 179 Å². The molecule has 0 saturated carbocycles. The van der Waals surface area contributed by atoms with E-state index in [2.05, 4.69) is 10.2 Å². The van der Waals surface area contributed by atoms with Crippen LogP contribution in [0.4, 0.5) is 0 Å². The van der Waals surface area contributed by atoms with Crippen molar-refractivity contribution in [3.8, 4) is 17.2 Å². The van der Waals surface area contributed by atoms with Gasteiger partial charge in [0.15, 0.2) is 16.7 Å². The third-order valence-electron chi connectivity index (χ3n) is 3.99. The van der Waals surface area contributed by atoms with E-state index in [1.807, 2.05) is 66.1 Å². The molecule has 0 aliphatic rings. The van der Waals surface area contributed by atoms with E-state index in [1.54, 1.807) is 13.4 Å². The fourth-order valence-corrected chi connectivity index (χ4v) is 3.65. The molecule has 0 saturated heterocycles. The molecule has 1 N–H and O–H groups in total. The Morgan fingerprint density at radius 3 is 2.86 bits per heavy atom. The molecule has 3 aromatic rings. The molecule has 0 aliphatic carbocycles. The first-order valence-electron chi connectivity index (χ1n) is 9.01. The molecule has 1 heterocycles. The number of aromatic nitrogens is 3. The lowest BCUT2D eigenvalue weighted by Gasteiger charge is -2.15. The molecule has 152 valence electrons. The van der Waals surface area contributed by atoms with E-state index in [1.165, 1.54) is 11.8 Å². The molecular weight excluding hydrogens is 410 g/mol. The van der Waals surface area contributed by atoms with E-state index in [0.717, 1.165) is 11.3 Å². The van der Waals surface area contributed by atoms with Crippen LogP contribution in [-0.2, 0) is 0 Å². The summed E-state index contributed by atoms with van der Waals surface area (Å²) in [5.41, 5.74) is 1.88. The Balaban J connectivity index is 1.58. The number of rotatable bonds is 9. The van der Waals surface area contributed by atoms with E-state index < -0.39 is 6.10 Å². The van der Waals surface area contributed by atoms with Gasteiger partial charge in [0.2, 0.25) is 0 Å². The van der Waals surface area contributed by atoms with Crippen molar-refractivity contribution in [1.82, 2.24) is 14.8 Å². The van der Waals surface area contributed by atoms with E-state index in [0.29, 0.717) is 27.4 Å². The van der Waals surface area contributed by atoms with Gasteiger partial charge < -0.3 is 14.6 Å². The molecule has 0 fully saturated rings. The van der Waals surface area contributed by atoms with Gasteiger partial charge in [-0.25, -0.2) is 0 Å². The zero-order valence-corrected chi connectivity index (χ0v) is 17.7. The summed E-state index contributed by atoms with van der Waals surface area (Å²) in [6, 6.07) is 13.1. The number of hydrogen-bond acceptors (Lipinski definition) is 6. The minimum absolute atomic E-state index is 0.137. The topological polar surface area (TPSA) is 69.4 Å². The summed E-state index contributed by atoms with van der Waals surface area (Å²) in [6.07, 6.45) is 4.87. The van der Waals surface area contributed by atoms with Crippen molar-refractivity contribution >= 4 is 29.4 Å². The molecule has 6 nitrogen and oxygen atoms in total. The lowest BCUT2D eigenvalue weighted by molar-refractivity contribution is 0.124. The summed E-state index contributed by atoms with van der Waals surface area (Å²) in [5, 5.41) is 19.7. The minimum Gasteiger partial charge on any atom is -0.493 e. The number of thioether (sulfide) groups is 1. The van der Waals surface area contributed by atoms with Crippen molar-refractivity contribution in [1.29, 1.82) is 0 Å². The standard InChI is InChI=1S/C21H22ClN3O3S/c1-3-5-15-8-9-19(20(10-15)27-2)28-12-18(26)13-29-21-24-23-14-25(21)17-7-4-6-16(22)11-17/h3-11,14,18,26H,12-13H2,1-2H3/b5-3+. The normalized spacial score (nSPS) is 12.3. The first kappa shape index (κ1) is 21.2. The molecule has 29 heavy (non-hydrogen) atoms. The van der Waals surface area contributed by atoms with Crippen LogP contribution >= 0.6 is 23.4 Å². The number of methoxy groups -OCH3 is 1. The summed E-state index contributed by atoms with van der Waals surface area (Å²) in [6.45, 7) is 2.09. The molecule has 0 aliphatic heterocycles. The SMILES string of the molecule is C/C=C/c1ccc(OCC(O)CSc2nncn2-c2cccc(Cl)c2)c(OC)c1. The van der Waals surface area contributed by atoms with Crippen molar-refractivity contribution in [3.05, 3.63) is 65.5 Å². The van der Waals surface area contributed by atoms with Crippen molar-refractivity contribution in [2.24, 2.45) is 0 Å². The monoisotopic (exact) mass is 431 g/mol. The number of benzene rings is 2. The van der Waals surface area contributed by atoms with Crippen LogP contribution in [-0.4, -0.2) is 45.4 Å². The molecule has 2 aromatic carbocycles. The average molecular weight is 432 g/mol. The molecule has 3 rings (SSSR count). The first-order valence-corrected chi connectivity index (χ1v) is 10.4. The van der Waals surface area contributed by atoms with Crippen LogP contribution in [0.3, 0.4) is 0 Å². The maximum absolute atomic E-state index is 10.3. The third-order valence-corrected chi connectivity index (χ3v) is 5.31. The summed E-state index contributed by atoms with van der Waals surface area (Å²) in [4.78, 5) is 0. The van der Waals surface area contributed by atoms with Gasteiger partial charge in [-0.3, -0.25) is 4.57 Å². The van der Waals surface area contributed by atoms with Gasteiger partial charge in [0, 0.05) is 10.8 Å². The quantitative estimate of drug-likeness (QED) is 0.503. The summed E-state index contributed by atoms with van der Waals surface area (Å²) < 4.78 is 13.0. The predicted octanol–water partition coefficient (Wildman–Crippen LogP) is 4.49. The van der Waals surface area contributed by atoms with Crippen molar-refractivity contribution in [2.45, 2.75) is 18.2 Å². The van der Waals surface area contributed by atoms with Gasteiger partial charge in [0.05, 0.1) is 18.9 Å². The van der Waals surface area contributed by atoms with Crippen LogP contribution < -0.4 is 9.47 Å². The van der Waals surface area contributed by atoms with Gasteiger partial charge in [-0.2, -0.15) is 0 Å². The van der Waals surface area contributed by atoms with Crippen LogP contribution in [0.15, 0.2) is 60.0 Å². The maximum Gasteiger partial charge on any atom is 0.195 e. The maximum atomic E-state index is 10.3. The number of nitrogens with zero attached hydrogens (tertiary/aromatic N) is 3. The molecule has 8 heteroatoms. The molecule has 0 radical (unpaired) electrons. The molecule has 1 atom stereocenters. The number of hydrogen-bond donors (Lipinski definition) is 1. The van der Waals surface area contributed by atoms with Crippen molar-refractivity contribution < 1.29 is 14.6 Å². The first-order chi connectivity index (χ1) is 14.1. The van der Waals surface area contributed by atoms with Crippen LogP contribution in [0.25, 0.3) is 11.8 Å². The van der Waals surface area contributed by atoms with Crippen LogP contribution in [0.1, 0.15) is 12.5 Å². The summed E-state index contributed by atoms with van der Waals surface area (Å²) in [5.74, 6) is 1.62. The molecule has 1 aromatic heterocycles. The van der Waals surface area contributed by atoms with Gasteiger partial charge in [0.1, 0.15) is 12.9 Å². The number of aliphatic hydroxyl groups is 1. The highest BCUT2D eigenvalue weighted by atomic mass is 35.5. The highest BCUT2D eigenvalue weighted by molar-refractivity contribution is 7.99. The second-order valence-electron chi connectivity index (χ2n) is 6.15. The van der Waals surface area contributed by atoms with Crippen LogP contribution in [0.2, 0.25) is 5.02 Å². The van der Waals surface area contributed by atoms with E-state index in [9.17, 15) is 5.11 Å². The predicted molar refractivity (Wildman–Crippen MR) is 116 cm³/mol. The van der Waals surface area contributed by atoms with E-state index in [-0.39, 0.29) is 6.61 Å². The lowest BCUT2D eigenvalue weighted by Crippen LogP contribution is -2.20. The van der Waals surface area contributed by atoms with Crippen LogP contribution in [0, 0.1) is 0 Å². The fourth-order valence-electron chi connectivity index (χ4n) is 2.63. The van der Waals surface area contributed by atoms with Gasteiger partial charge in [-0.05, 0) is 42.8 Å². The average Bonchev–Trinajstić information content (AvgIpc) is 3.20. The Hall–Kier alpha value is -2.48. The molecule has 1 unspecified atom stereocenters. The third kappa shape index (κ3) is 5.76. The Kier molecular flexibility index (Phi) is 7.57. The van der Waals surface area contributed by atoms with E-state index in [4.69, 9.17) is 21.1 Å². The summed E-state index contributed by atoms with van der Waals surface area (Å²) in [7, 11) is 1.59. The highest BCUT2D eigenvalue weighted by Gasteiger charge is 2.13. The highest BCUT2D eigenvalue weighted by Crippen LogP contribution is 2.29. The van der Waals surface area contributed by atoms with Gasteiger partial charge in [-0.15, -0.1) is 10.2 Å². The molecule has 0 spiro atoms. The number of halogens is 1. The number of allylic oxidation sites excluding steroid dienone is 1. The molecule has 0 bridgehead atoms. The van der Waals surface area contributed by atoms with Gasteiger partial charge in [-0.1, -0.05) is 47.6 Å². The van der Waals surface area contributed by atoms with Crippen molar-refractivity contribution in [3.63, 3.8) is 0 Å². The Morgan fingerprint density at radius 2 is 2.10 bits per heavy atom. The summed E-state index contributed by atoms with van der Waals surface area (Å²) >= 11 is 7.45. The zero-order chi connectivity index (χ0) is 20.6. The zero-order valence-electron chi connectivity index (χ0n) is 16.2. The number of ether oxygens (including phenoxy) is 2. The van der Waals surface area contributed by atoms with E-state index >= 15 is 0 Å². The molecule has 0 amide bonds. The molecular formula is C21H22ClN3O3S.